The first-order valence-corrected chi connectivity index (χ1v) is 4.39. The third-order valence-electron chi connectivity index (χ3n) is 2.61. The van der Waals surface area contributed by atoms with Gasteiger partial charge in [0.25, 0.3) is 0 Å². The van der Waals surface area contributed by atoms with Crippen LogP contribution < -0.4 is 5.43 Å². The number of hydrogen-bond donors (Lipinski definition) is 1. The lowest BCUT2D eigenvalue weighted by Gasteiger charge is -2.16. The standard InChI is InChI=1S/C8H15N3/c1-11-6-9-10-8(11)7-4-2-3-5-7/h7,9H,2-6H2,1H3. The largest absolute Gasteiger partial charge is 0.343 e. The molecular weight excluding hydrogens is 138 g/mol. The maximum Gasteiger partial charge on any atom is 0.129 e. The molecule has 0 atom stereocenters. The van der Waals surface area contributed by atoms with E-state index in [4.69, 9.17) is 0 Å². The van der Waals surface area contributed by atoms with Gasteiger partial charge >= 0.3 is 0 Å². The average Bonchev–Trinajstić information content (AvgIpc) is 2.55. The van der Waals surface area contributed by atoms with Gasteiger partial charge in [-0.3, -0.25) is 5.43 Å². The Hall–Kier alpha value is -0.730. The number of hydrazone groups is 1. The van der Waals surface area contributed by atoms with Gasteiger partial charge in [0.2, 0.25) is 0 Å². The summed E-state index contributed by atoms with van der Waals surface area (Å²) in [5.41, 5.74) is 3.01. The van der Waals surface area contributed by atoms with Crippen LogP contribution in [0.1, 0.15) is 25.7 Å². The normalized spacial score (nSPS) is 25.5. The Morgan fingerprint density at radius 3 is 2.73 bits per heavy atom. The molecule has 1 aliphatic heterocycles. The van der Waals surface area contributed by atoms with Crippen molar-refractivity contribution in [2.75, 3.05) is 13.7 Å². The highest BCUT2D eigenvalue weighted by Crippen LogP contribution is 2.27. The van der Waals surface area contributed by atoms with Crippen LogP contribution in [0.25, 0.3) is 0 Å². The van der Waals surface area contributed by atoms with Crippen LogP contribution in [0.15, 0.2) is 5.10 Å². The van der Waals surface area contributed by atoms with Gasteiger partial charge in [-0.2, -0.15) is 5.10 Å². The van der Waals surface area contributed by atoms with Crippen molar-refractivity contribution in [2.45, 2.75) is 25.7 Å². The van der Waals surface area contributed by atoms with Gasteiger partial charge in [-0.05, 0) is 12.8 Å². The molecule has 0 spiro atoms. The van der Waals surface area contributed by atoms with E-state index < -0.39 is 0 Å². The SMILES string of the molecule is CN1CNN=C1C1CCCC1. The van der Waals surface area contributed by atoms with Crippen LogP contribution in [-0.4, -0.2) is 24.5 Å². The molecule has 1 aliphatic carbocycles. The fraction of sp³-hybridized carbons (Fsp3) is 0.875. The molecule has 0 aromatic carbocycles. The molecule has 0 unspecified atom stereocenters. The highest BCUT2D eigenvalue weighted by atomic mass is 15.5. The fourth-order valence-electron chi connectivity index (χ4n) is 1.98. The Kier molecular flexibility index (Phi) is 1.72. The van der Waals surface area contributed by atoms with Crippen molar-refractivity contribution in [1.29, 1.82) is 0 Å². The number of rotatable bonds is 1. The Morgan fingerprint density at radius 2 is 2.18 bits per heavy atom. The van der Waals surface area contributed by atoms with Crippen LogP contribution in [0.4, 0.5) is 0 Å². The number of amidine groups is 1. The van der Waals surface area contributed by atoms with E-state index in [1.807, 2.05) is 0 Å². The first-order valence-electron chi connectivity index (χ1n) is 4.39. The minimum Gasteiger partial charge on any atom is -0.343 e. The maximum atomic E-state index is 4.29. The van der Waals surface area contributed by atoms with Crippen LogP contribution in [0.5, 0.6) is 0 Å². The zero-order valence-corrected chi connectivity index (χ0v) is 7.01. The number of nitrogens with one attached hydrogen (secondary N) is 1. The van der Waals surface area contributed by atoms with Gasteiger partial charge in [0.05, 0.1) is 0 Å². The lowest BCUT2D eigenvalue weighted by molar-refractivity contribution is 0.480. The van der Waals surface area contributed by atoms with Gasteiger partial charge in [-0.1, -0.05) is 12.8 Å². The van der Waals surface area contributed by atoms with Crippen molar-refractivity contribution in [3.63, 3.8) is 0 Å². The van der Waals surface area contributed by atoms with Gasteiger partial charge < -0.3 is 4.90 Å². The second-order valence-corrected chi connectivity index (χ2v) is 3.47. The van der Waals surface area contributed by atoms with Crippen LogP contribution >= 0.6 is 0 Å². The third-order valence-corrected chi connectivity index (χ3v) is 2.61. The molecule has 0 amide bonds. The van der Waals surface area contributed by atoms with Crippen LogP contribution in [-0.2, 0) is 0 Å². The van der Waals surface area contributed by atoms with Gasteiger partial charge in [0.1, 0.15) is 12.5 Å². The second kappa shape index (κ2) is 2.72. The summed E-state index contributed by atoms with van der Waals surface area (Å²) >= 11 is 0. The zero-order valence-electron chi connectivity index (χ0n) is 7.01. The minimum absolute atomic E-state index is 0.745. The van der Waals surface area contributed by atoms with E-state index in [0.29, 0.717) is 0 Å². The highest BCUT2D eigenvalue weighted by Gasteiger charge is 2.25. The van der Waals surface area contributed by atoms with Gasteiger partial charge in [0, 0.05) is 13.0 Å². The van der Waals surface area contributed by atoms with E-state index in [0.717, 1.165) is 12.6 Å². The summed E-state index contributed by atoms with van der Waals surface area (Å²) in [6, 6.07) is 0. The Labute approximate surface area is 67.5 Å². The lowest BCUT2D eigenvalue weighted by atomic mass is 10.1. The predicted octanol–water partition coefficient (Wildman–Crippen LogP) is 0.983. The van der Waals surface area contributed by atoms with Crippen molar-refractivity contribution in [3.05, 3.63) is 0 Å². The van der Waals surface area contributed by atoms with Crippen molar-refractivity contribution >= 4 is 5.84 Å². The van der Waals surface area contributed by atoms with E-state index in [9.17, 15) is 0 Å². The summed E-state index contributed by atoms with van der Waals surface area (Å²) in [6.07, 6.45) is 5.45. The smallest absolute Gasteiger partial charge is 0.129 e. The van der Waals surface area contributed by atoms with E-state index in [1.54, 1.807) is 0 Å². The van der Waals surface area contributed by atoms with Gasteiger partial charge in [0.15, 0.2) is 0 Å². The van der Waals surface area contributed by atoms with Crippen LogP contribution in [0.2, 0.25) is 0 Å². The van der Waals surface area contributed by atoms with Gasteiger partial charge in [-0.15, -0.1) is 0 Å². The summed E-state index contributed by atoms with van der Waals surface area (Å²) in [5, 5.41) is 4.29. The predicted molar refractivity (Wildman–Crippen MR) is 45.2 cm³/mol. The van der Waals surface area contributed by atoms with E-state index in [2.05, 4.69) is 22.5 Å². The molecule has 1 fully saturated rings. The molecule has 0 radical (unpaired) electrons. The quantitative estimate of drug-likeness (QED) is 0.608. The molecule has 2 rings (SSSR count). The summed E-state index contributed by atoms with van der Waals surface area (Å²) in [6.45, 7) is 0.895. The Balaban J connectivity index is 2.02. The molecular formula is C8H15N3. The van der Waals surface area contributed by atoms with Crippen LogP contribution in [0, 0.1) is 5.92 Å². The fourth-order valence-corrected chi connectivity index (χ4v) is 1.98. The molecule has 1 N–H and O–H groups in total. The molecule has 0 aromatic heterocycles. The topological polar surface area (TPSA) is 27.6 Å². The maximum absolute atomic E-state index is 4.29. The summed E-state index contributed by atoms with van der Waals surface area (Å²) in [4.78, 5) is 2.22. The molecule has 62 valence electrons. The molecule has 3 heteroatoms. The van der Waals surface area contributed by atoms with Gasteiger partial charge in [-0.25, -0.2) is 0 Å². The zero-order chi connectivity index (χ0) is 7.68. The van der Waals surface area contributed by atoms with Crippen molar-refractivity contribution in [2.24, 2.45) is 11.0 Å². The Morgan fingerprint density at radius 1 is 1.45 bits per heavy atom. The highest BCUT2D eigenvalue weighted by molar-refractivity contribution is 5.85. The van der Waals surface area contributed by atoms with Crippen molar-refractivity contribution in [1.82, 2.24) is 10.3 Å². The van der Waals surface area contributed by atoms with E-state index >= 15 is 0 Å². The average molecular weight is 153 g/mol. The second-order valence-electron chi connectivity index (χ2n) is 3.47. The monoisotopic (exact) mass is 153 g/mol. The van der Waals surface area contributed by atoms with Crippen LogP contribution in [0.3, 0.4) is 0 Å². The lowest BCUT2D eigenvalue weighted by Crippen LogP contribution is -2.29. The molecule has 1 heterocycles. The number of hydrogen-bond acceptors (Lipinski definition) is 3. The molecule has 3 nitrogen and oxygen atoms in total. The molecule has 2 aliphatic rings. The van der Waals surface area contributed by atoms with Crippen molar-refractivity contribution < 1.29 is 0 Å². The summed E-state index contributed by atoms with van der Waals surface area (Å²) < 4.78 is 0. The van der Waals surface area contributed by atoms with E-state index in [-0.39, 0.29) is 0 Å². The first kappa shape index (κ1) is 6.95. The minimum atomic E-state index is 0.745. The van der Waals surface area contributed by atoms with Crippen molar-refractivity contribution in [3.8, 4) is 0 Å². The molecule has 0 aromatic rings. The Bertz CT molecular complexity index is 170. The third kappa shape index (κ3) is 1.19. The number of nitrogens with zero attached hydrogens (tertiary/aromatic N) is 2. The molecule has 0 saturated heterocycles. The molecule has 1 saturated carbocycles. The molecule has 0 bridgehead atoms. The van der Waals surface area contributed by atoms with E-state index in [1.165, 1.54) is 31.5 Å². The first-order chi connectivity index (χ1) is 5.38. The summed E-state index contributed by atoms with van der Waals surface area (Å²) in [5.74, 6) is 2.03. The summed E-state index contributed by atoms with van der Waals surface area (Å²) in [7, 11) is 2.11. The molecule has 11 heavy (non-hydrogen) atoms.